The van der Waals surface area contributed by atoms with Gasteiger partial charge in [0.05, 0.1) is 12.3 Å². The Kier molecular flexibility index (Phi) is 4.87. The molecule has 1 atom stereocenters. The fourth-order valence-corrected chi connectivity index (χ4v) is 1.92. The lowest BCUT2D eigenvalue weighted by Gasteiger charge is -2.19. The second-order valence-electron chi connectivity index (χ2n) is 4.34. The highest BCUT2D eigenvalue weighted by Crippen LogP contribution is 2.24. The fourth-order valence-electron chi connectivity index (χ4n) is 1.92. The van der Waals surface area contributed by atoms with Crippen molar-refractivity contribution in [1.82, 2.24) is 0 Å². The Morgan fingerprint density at radius 2 is 1.86 bits per heavy atom. The number of rotatable bonds is 5. The summed E-state index contributed by atoms with van der Waals surface area (Å²) >= 11 is 0. The number of benzene rings is 2. The highest BCUT2D eigenvalue weighted by molar-refractivity contribution is 5.81. The minimum atomic E-state index is -1.03. The van der Waals surface area contributed by atoms with Gasteiger partial charge in [-0.3, -0.25) is 0 Å². The Morgan fingerprint density at radius 1 is 1.14 bits per heavy atom. The largest absolute Gasteiger partial charge is 0.464 e. The molecule has 0 bridgehead atoms. The summed E-state index contributed by atoms with van der Waals surface area (Å²) in [5, 5.41) is 2.70. The van der Waals surface area contributed by atoms with Crippen molar-refractivity contribution in [3.05, 3.63) is 65.7 Å². The summed E-state index contributed by atoms with van der Waals surface area (Å²) in [6, 6.07) is 11.6. The molecule has 0 saturated heterocycles. The van der Waals surface area contributed by atoms with Crippen LogP contribution in [0.5, 0.6) is 0 Å². The average molecular weight is 291 g/mol. The standard InChI is InChI=1S/C16H15F2NO2/c1-2-21-16(20)15(11-7-4-3-5-8-11)19-13-10-6-9-12(17)14(13)18/h3-10,15,19H,2H2,1H3. The maximum atomic E-state index is 13.7. The molecule has 110 valence electrons. The second-order valence-corrected chi connectivity index (χ2v) is 4.34. The molecule has 0 aliphatic carbocycles. The van der Waals surface area contributed by atoms with Crippen molar-refractivity contribution in [3.63, 3.8) is 0 Å². The molecule has 0 heterocycles. The van der Waals surface area contributed by atoms with Crippen LogP contribution in [0, 0.1) is 11.6 Å². The van der Waals surface area contributed by atoms with Crippen LogP contribution >= 0.6 is 0 Å². The Morgan fingerprint density at radius 3 is 2.52 bits per heavy atom. The minimum absolute atomic E-state index is 0.0862. The van der Waals surface area contributed by atoms with Crippen LogP contribution in [0.4, 0.5) is 14.5 Å². The van der Waals surface area contributed by atoms with Gasteiger partial charge >= 0.3 is 5.97 Å². The van der Waals surface area contributed by atoms with Gasteiger partial charge in [0.1, 0.15) is 0 Å². The van der Waals surface area contributed by atoms with Crippen molar-refractivity contribution in [1.29, 1.82) is 0 Å². The van der Waals surface area contributed by atoms with E-state index < -0.39 is 23.6 Å². The van der Waals surface area contributed by atoms with E-state index in [0.29, 0.717) is 5.56 Å². The number of halogens is 2. The Labute approximate surface area is 121 Å². The van der Waals surface area contributed by atoms with Gasteiger partial charge in [-0.25, -0.2) is 13.6 Å². The lowest BCUT2D eigenvalue weighted by Crippen LogP contribution is -2.24. The second kappa shape index (κ2) is 6.83. The molecule has 21 heavy (non-hydrogen) atoms. The monoisotopic (exact) mass is 291 g/mol. The van der Waals surface area contributed by atoms with Crippen LogP contribution in [0.15, 0.2) is 48.5 Å². The molecule has 0 aromatic heterocycles. The molecule has 0 spiro atoms. The maximum absolute atomic E-state index is 13.7. The summed E-state index contributed by atoms with van der Waals surface area (Å²) in [5.41, 5.74) is 0.525. The summed E-state index contributed by atoms with van der Waals surface area (Å²) in [4.78, 5) is 12.0. The summed E-state index contributed by atoms with van der Waals surface area (Å²) in [5.74, 6) is -2.55. The van der Waals surface area contributed by atoms with Gasteiger partial charge in [-0.05, 0) is 24.6 Å². The van der Waals surface area contributed by atoms with Gasteiger partial charge in [0.15, 0.2) is 17.7 Å². The molecule has 2 aromatic carbocycles. The van der Waals surface area contributed by atoms with E-state index >= 15 is 0 Å². The zero-order valence-electron chi connectivity index (χ0n) is 11.5. The van der Waals surface area contributed by atoms with E-state index in [4.69, 9.17) is 4.74 Å². The smallest absolute Gasteiger partial charge is 0.333 e. The van der Waals surface area contributed by atoms with Crippen LogP contribution in [0.1, 0.15) is 18.5 Å². The van der Waals surface area contributed by atoms with E-state index in [9.17, 15) is 13.6 Å². The number of nitrogens with one attached hydrogen (secondary N) is 1. The van der Waals surface area contributed by atoms with Crippen LogP contribution in [-0.4, -0.2) is 12.6 Å². The number of carbonyl (C=O) groups is 1. The van der Waals surface area contributed by atoms with Crippen molar-refractivity contribution in [3.8, 4) is 0 Å². The van der Waals surface area contributed by atoms with Gasteiger partial charge < -0.3 is 10.1 Å². The number of ether oxygens (including phenoxy) is 1. The number of hydrogen-bond acceptors (Lipinski definition) is 3. The number of esters is 1. The van der Waals surface area contributed by atoms with Crippen LogP contribution in [0.2, 0.25) is 0 Å². The van der Waals surface area contributed by atoms with Crippen molar-refractivity contribution in [2.75, 3.05) is 11.9 Å². The third-order valence-electron chi connectivity index (χ3n) is 2.91. The first-order valence-corrected chi connectivity index (χ1v) is 6.55. The van der Waals surface area contributed by atoms with E-state index in [1.54, 1.807) is 37.3 Å². The van der Waals surface area contributed by atoms with E-state index in [1.807, 2.05) is 0 Å². The molecule has 1 N–H and O–H groups in total. The molecular weight excluding hydrogens is 276 g/mol. The predicted molar refractivity (Wildman–Crippen MR) is 75.8 cm³/mol. The molecule has 0 aliphatic rings. The van der Waals surface area contributed by atoms with Crippen molar-refractivity contribution < 1.29 is 18.3 Å². The normalized spacial score (nSPS) is 11.8. The minimum Gasteiger partial charge on any atom is -0.464 e. The van der Waals surface area contributed by atoms with E-state index in [0.717, 1.165) is 6.07 Å². The van der Waals surface area contributed by atoms with Crippen LogP contribution in [0.3, 0.4) is 0 Å². The van der Waals surface area contributed by atoms with E-state index in [1.165, 1.54) is 12.1 Å². The summed E-state index contributed by atoms with van der Waals surface area (Å²) < 4.78 is 32.0. The number of hydrogen-bond donors (Lipinski definition) is 1. The van der Waals surface area contributed by atoms with Gasteiger partial charge in [-0.2, -0.15) is 0 Å². The van der Waals surface area contributed by atoms with Crippen LogP contribution in [0.25, 0.3) is 0 Å². The molecular formula is C16H15F2NO2. The molecule has 0 aliphatic heterocycles. The molecule has 0 radical (unpaired) electrons. The zero-order chi connectivity index (χ0) is 15.2. The highest BCUT2D eigenvalue weighted by atomic mass is 19.2. The third-order valence-corrected chi connectivity index (χ3v) is 2.91. The van der Waals surface area contributed by atoms with Crippen molar-refractivity contribution in [2.24, 2.45) is 0 Å². The first-order valence-electron chi connectivity index (χ1n) is 6.55. The zero-order valence-corrected chi connectivity index (χ0v) is 11.5. The first kappa shape index (κ1) is 15.0. The Balaban J connectivity index is 2.32. The van der Waals surface area contributed by atoms with E-state index in [2.05, 4.69) is 5.32 Å². The van der Waals surface area contributed by atoms with Gasteiger partial charge in [0.25, 0.3) is 0 Å². The average Bonchev–Trinajstić information content (AvgIpc) is 2.50. The van der Waals surface area contributed by atoms with Crippen molar-refractivity contribution in [2.45, 2.75) is 13.0 Å². The third kappa shape index (κ3) is 3.56. The molecule has 2 aromatic rings. The van der Waals surface area contributed by atoms with Gasteiger partial charge in [-0.1, -0.05) is 36.4 Å². The van der Waals surface area contributed by atoms with Gasteiger partial charge in [-0.15, -0.1) is 0 Å². The molecule has 0 amide bonds. The number of anilines is 1. The highest BCUT2D eigenvalue weighted by Gasteiger charge is 2.23. The number of carbonyl (C=O) groups excluding carboxylic acids is 1. The Bertz CT molecular complexity index is 617. The lowest BCUT2D eigenvalue weighted by atomic mass is 10.1. The molecule has 0 saturated carbocycles. The van der Waals surface area contributed by atoms with Gasteiger partial charge in [0, 0.05) is 0 Å². The van der Waals surface area contributed by atoms with Gasteiger partial charge in [0.2, 0.25) is 0 Å². The fraction of sp³-hybridized carbons (Fsp3) is 0.188. The van der Waals surface area contributed by atoms with Crippen molar-refractivity contribution >= 4 is 11.7 Å². The van der Waals surface area contributed by atoms with Crippen LogP contribution in [-0.2, 0) is 9.53 Å². The lowest BCUT2D eigenvalue weighted by molar-refractivity contribution is -0.144. The first-order chi connectivity index (χ1) is 10.1. The van der Waals surface area contributed by atoms with E-state index in [-0.39, 0.29) is 12.3 Å². The van der Waals surface area contributed by atoms with Crippen LogP contribution < -0.4 is 5.32 Å². The quantitative estimate of drug-likeness (QED) is 0.854. The summed E-state index contributed by atoms with van der Waals surface area (Å²) in [6.45, 7) is 1.89. The predicted octanol–water partition coefficient (Wildman–Crippen LogP) is 3.68. The molecule has 5 heteroatoms. The SMILES string of the molecule is CCOC(=O)C(Nc1cccc(F)c1F)c1ccccc1. The maximum Gasteiger partial charge on any atom is 0.333 e. The summed E-state index contributed by atoms with van der Waals surface area (Å²) in [7, 11) is 0. The topological polar surface area (TPSA) is 38.3 Å². The molecule has 2 rings (SSSR count). The molecule has 3 nitrogen and oxygen atoms in total. The summed E-state index contributed by atoms with van der Waals surface area (Å²) in [6.07, 6.45) is 0. The molecule has 1 unspecified atom stereocenters. The molecule has 0 fully saturated rings. The Hall–Kier alpha value is -2.43.